The standard InChI is InChI=1S/C14H10ClNO2S.C14H11NO3S.Cl5P.Cl3OP/c15-19(17,18)12-6-7-13-11(8-12)9-14(16-13)10-4-2-1-3-5-10;16-19(17,18)12-6-7-13-11(8-12)9-14(15-13)10-4-2-1-3-5-10;1-6(2,3,4)5;1-5(2,3)4/h1-9,16H;1-9,15H,(H,16,17,18);;. The topological polar surface area (TPSA) is 137 Å². The van der Waals surface area contributed by atoms with Crippen molar-refractivity contribution in [3.8, 4) is 22.5 Å². The van der Waals surface area contributed by atoms with Crippen molar-refractivity contribution in [2.45, 2.75) is 9.79 Å². The predicted octanol–water partition coefficient (Wildman–Crippen LogP) is 14.0. The first kappa shape index (κ1) is 42.5. The Morgan fingerprint density at radius 2 is 0.898 bits per heavy atom. The molecule has 0 atom stereocenters. The molecule has 6 aromatic rings. The number of hydrogen-bond donors (Lipinski definition) is 3. The molecular weight excluding hydrogens is 905 g/mol. The monoisotopic (exact) mass is 922 g/mol. The summed E-state index contributed by atoms with van der Waals surface area (Å²) in [5, 5.41) is -1.66. The first-order chi connectivity index (χ1) is 22.3. The quantitative estimate of drug-likeness (QED) is 0.0915. The Morgan fingerprint density at radius 3 is 1.22 bits per heavy atom. The van der Waals surface area contributed by atoms with Gasteiger partial charge >= 0.3 is 64.8 Å². The van der Waals surface area contributed by atoms with Gasteiger partial charge in [0.2, 0.25) is 0 Å². The molecule has 4 aromatic carbocycles. The summed E-state index contributed by atoms with van der Waals surface area (Å²) in [5.41, 5.74) is 5.62. The molecule has 8 nitrogen and oxygen atoms in total. The van der Waals surface area contributed by atoms with Gasteiger partial charge in [-0.05, 0) is 93.4 Å². The Labute approximate surface area is 324 Å². The zero-order valence-corrected chi connectivity index (χ0v) is 34.2. The normalized spacial score (nSPS) is 12.7. The summed E-state index contributed by atoms with van der Waals surface area (Å²) < 4.78 is 59.7. The van der Waals surface area contributed by atoms with Crippen LogP contribution in [-0.2, 0) is 23.7 Å². The van der Waals surface area contributed by atoms with Gasteiger partial charge in [0.1, 0.15) is 0 Å². The number of benzene rings is 4. The Balaban J connectivity index is 0.000000205. The van der Waals surface area contributed by atoms with Crippen LogP contribution in [0.15, 0.2) is 119 Å². The van der Waals surface area contributed by atoms with Crippen LogP contribution in [0.25, 0.3) is 44.3 Å². The van der Waals surface area contributed by atoms with Gasteiger partial charge in [-0.1, -0.05) is 60.7 Å². The van der Waals surface area contributed by atoms with Crippen LogP contribution in [0.2, 0.25) is 0 Å². The maximum absolute atomic E-state index is 11.3. The van der Waals surface area contributed by atoms with Crippen molar-refractivity contribution in [3.05, 3.63) is 109 Å². The van der Waals surface area contributed by atoms with E-state index in [1.807, 2.05) is 72.8 Å². The first-order valence-electron chi connectivity index (χ1n) is 12.9. The molecule has 6 rings (SSSR count). The molecule has 264 valence electrons. The van der Waals surface area contributed by atoms with E-state index in [2.05, 4.69) is 43.7 Å². The molecule has 0 fully saturated rings. The van der Waals surface area contributed by atoms with Crippen LogP contribution in [0.5, 0.6) is 0 Å². The SMILES string of the molecule is ClP(Cl)(Cl)(Cl)Cl.O=P(Cl)(Cl)Cl.O=S(=O)(Cl)c1ccc2[nH]c(-c3ccccc3)cc2c1.O=S(=O)(O)c1ccc2[nH]c(-c3ccccc3)cc2c1. The van der Waals surface area contributed by atoms with Crippen molar-refractivity contribution in [1.82, 2.24) is 9.97 Å². The molecule has 49 heavy (non-hydrogen) atoms. The molecule has 0 aliphatic heterocycles. The summed E-state index contributed by atoms with van der Waals surface area (Å²) in [6.07, 6.45) is 0. The first-order valence-corrected chi connectivity index (χ1v) is 27.8. The summed E-state index contributed by atoms with van der Waals surface area (Å²) in [6.45, 7) is 0. The second-order valence-corrected chi connectivity index (χ2v) is 36.8. The molecule has 3 N–H and O–H groups in total. The van der Waals surface area contributed by atoms with Gasteiger partial charge in [-0.15, -0.1) is 0 Å². The molecule has 0 saturated carbocycles. The molecule has 2 heterocycles. The average Bonchev–Trinajstić information content (AvgIpc) is 3.59. The number of aromatic nitrogens is 2. The van der Waals surface area contributed by atoms with Crippen LogP contribution in [0.3, 0.4) is 0 Å². The van der Waals surface area contributed by atoms with E-state index in [9.17, 15) is 21.4 Å². The number of halogens is 9. The zero-order chi connectivity index (χ0) is 36.9. The summed E-state index contributed by atoms with van der Waals surface area (Å²) >= 11 is 38.7. The second kappa shape index (κ2) is 16.8. The van der Waals surface area contributed by atoms with E-state index < -0.39 is 27.7 Å². The summed E-state index contributed by atoms with van der Waals surface area (Å²) in [6, 6.07) is 32.6. The molecule has 0 bridgehead atoms. The summed E-state index contributed by atoms with van der Waals surface area (Å²) in [7, 11) is -2.51. The van der Waals surface area contributed by atoms with Crippen LogP contribution < -0.4 is 0 Å². The van der Waals surface area contributed by atoms with E-state index in [1.54, 1.807) is 18.2 Å². The van der Waals surface area contributed by atoms with Crippen molar-refractivity contribution in [2.24, 2.45) is 0 Å². The molecule has 0 aliphatic carbocycles. The van der Waals surface area contributed by atoms with Gasteiger partial charge in [0.15, 0.2) is 0 Å². The van der Waals surface area contributed by atoms with Crippen LogP contribution >= 0.6 is 109 Å². The third-order valence-corrected chi connectivity index (χ3v) is 8.13. The van der Waals surface area contributed by atoms with Crippen molar-refractivity contribution in [3.63, 3.8) is 0 Å². The fourth-order valence-corrected chi connectivity index (χ4v) is 5.38. The third-order valence-electron chi connectivity index (χ3n) is 5.93. The van der Waals surface area contributed by atoms with E-state index in [4.69, 9.17) is 71.4 Å². The molecule has 0 aliphatic rings. The van der Waals surface area contributed by atoms with Crippen LogP contribution in [0.4, 0.5) is 0 Å². The van der Waals surface area contributed by atoms with Crippen LogP contribution in [0.1, 0.15) is 0 Å². The minimum absolute atomic E-state index is 0.0985. The largest absolute Gasteiger partial charge is 0.355 e. The molecule has 2 aromatic heterocycles. The number of nitrogens with one attached hydrogen (secondary N) is 2. The Bertz CT molecular complexity index is 2160. The second-order valence-electron chi connectivity index (χ2n) is 9.55. The van der Waals surface area contributed by atoms with Gasteiger partial charge in [0.05, 0.1) is 9.79 Å². The number of rotatable bonds is 4. The Morgan fingerprint density at radius 1 is 0.571 bits per heavy atom. The maximum atomic E-state index is 11.3. The van der Waals surface area contributed by atoms with Crippen LogP contribution in [-0.4, -0.2) is 31.4 Å². The number of H-pyrrole nitrogens is 2. The zero-order valence-electron chi connectivity index (χ0n) is 24.0. The van der Waals surface area contributed by atoms with E-state index in [1.165, 1.54) is 18.2 Å². The van der Waals surface area contributed by atoms with Crippen LogP contribution in [0, 0.1) is 0 Å². The minimum atomic E-state index is -4.16. The molecule has 0 unspecified atom stereocenters. The van der Waals surface area contributed by atoms with Gasteiger partial charge in [0, 0.05) is 43.9 Å². The van der Waals surface area contributed by atoms with E-state index in [-0.39, 0.29) is 9.79 Å². The van der Waals surface area contributed by atoms with Crippen molar-refractivity contribution >= 4 is 150 Å². The fourth-order valence-electron chi connectivity index (χ4n) is 4.08. The van der Waals surface area contributed by atoms with Crippen molar-refractivity contribution in [2.75, 3.05) is 0 Å². The maximum Gasteiger partial charge on any atom is 0.339 e. The molecule has 0 spiro atoms. The molecule has 0 radical (unpaired) electrons. The molecule has 0 amide bonds. The summed E-state index contributed by atoms with van der Waals surface area (Å²) in [5.74, 6) is 0. The average molecular weight is 927 g/mol. The van der Waals surface area contributed by atoms with E-state index >= 15 is 0 Å². The van der Waals surface area contributed by atoms with Gasteiger partial charge in [-0.25, -0.2) is 8.42 Å². The van der Waals surface area contributed by atoms with Gasteiger partial charge in [-0.2, -0.15) is 8.42 Å². The van der Waals surface area contributed by atoms with E-state index in [0.717, 1.165) is 44.3 Å². The Hall–Kier alpha value is -0.910. The number of fused-ring (bicyclic) bond motifs is 2. The molecule has 21 heteroatoms. The smallest absolute Gasteiger partial charge is 0.339 e. The van der Waals surface area contributed by atoms with Gasteiger partial charge in [-0.3, -0.25) is 9.12 Å². The van der Waals surface area contributed by atoms with Gasteiger partial charge < -0.3 is 9.97 Å². The molecule has 0 saturated heterocycles. The fraction of sp³-hybridized carbons (Fsp3) is 0. The van der Waals surface area contributed by atoms with Gasteiger partial charge in [0.25, 0.3) is 19.2 Å². The minimum Gasteiger partial charge on any atom is -0.355 e. The van der Waals surface area contributed by atoms with Crippen molar-refractivity contribution in [1.29, 1.82) is 0 Å². The van der Waals surface area contributed by atoms with E-state index in [0.29, 0.717) is 0 Å². The Kier molecular flexibility index (Phi) is 14.6. The van der Waals surface area contributed by atoms with Crippen molar-refractivity contribution < 1.29 is 26.0 Å². The molecular formula is C28H21Cl9N2O6P2S2. The summed E-state index contributed by atoms with van der Waals surface area (Å²) in [4.78, 5) is 6.48. The number of aromatic amines is 2. The predicted molar refractivity (Wildman–Crippen MR) is 212 cm³/mol. The number of hydrogen-bond acceptors (Lipinski definition) is 5. The third kappa shape index (κ3) is 16.1.